The van der Waals surface area contributed by atoms with Crippen LogP contribution in [0, 0.1) is 39.9 Å². The average molecular weight is 745 g/mol. The van der Waals surface area contributed by atoms with Crippen molar-refractivity contribution in [3.8, 4) is 0 Å². The second-order valence-corrected chi connectivity index (χ2v) is 17.2. The summed E-state index contributed by atoms with van der Waals surface area (Å²) in [5, 5.41) is 9.71. The van der Waals surface area contributed by atoms with Gasteiger partial charge in [-0.2, -0.15) is 39.5 Å². The minimum atomic E-state index is -6.40. The SMILES string of the molecule is CCC(CC(C)(COC(=O)C(O)(C(F)(F)F)C(F)(F)F)CC1(C)C2CC3CC(C2)CC1C3)c1ccc(C(C)(OC(=O)C(C)(C)C)C(F)(F)F)cc1. The molecule has 1 N–H and O–H groups in total. The monoisotopic (exact) mass is 744 g/mol. The maximum atomic E-state index is 14.4. The number of halogens is 9. The molecule has 4 bridgehead atoms. The number of alkyl halides is 9. The number of benzene rings is 1. The Balaban J connectivity index is 1.67. The van der Waals surface area contributed by atoms with Crippen LogP contribution in [-0.2, 0) is 24.7 Å². The molecule has 4 fully saturated rings. The normalized spacial score (nSPS) is 28.5. The highest BCUT2D eigenvalue weighted by atomic mass is 19.4. The smallest absolute Gasteiger partial charge is 0.437 e. The molecule has 1 aromatic carbocycles. The first-order valence-electron chi connectivity index (χ1n) is 17.4. The molecule has 5 nitrogen and oxygen atoms in total. The molecule has 4 aliphatic rings. The third-order valence-corrected chi connectivity index (χ3v) is 12.1. The summed E-state index contributed by atoms with van der Waals surface area (Å²) in [5.41, 5.74) is -11.3. The van der Waals surface area contributed by atoms with Crippen LogP contribution in [0.2, 0.25) is 0 Å². The van der Waals surface area contributed by atoms with Gasteiger partial charge in [-0.1, -0.05) is 45.0 Å². The molecule has 3 unspecified atom stereocenters. The molecule has 0 heterocycles. The fourth-order valence-electron chi connectivity index (χ4n) is 9.17. The Morgan fingerprint density at radius 1 is 0.784 bits per heavy atom. The minimum absolute atomic E-state index is 0.101. The van der Waals surface area contributed by atoms with Gasteiger partial charge in [0.05, 0.1) is 12.0 Å². The van der Waals surface area contributed by atoms with Gasteiger partial charge < -0.3 is 14.6 Å². The highest BCUT2D eigenvalue weighted by Crippen LogP contribution is 2.65. The van der Waals surface area contributed by atoms with Crippen LogP contribution in [0.5, 0.6) is 0 Å². The highest BCUT2D eigenvalue weighted by Gasteiger charge is 2.77. The van der Waals surface area contributed by atoms with Gasteiger partial charge in [-0.15, -0.1) is 0 Å². The van der Waals surface area contributed by atoms with E-state index in [4.69, 9.17) is 9.47 Å². The van der Waals surface area contributed by atoms with Crippen molar-refractivity contribution in [1.29, 1.82) is 0 Å². The van der Waals surface area contributed by atoms with Crippen LogP contribution >= 0.6 is 0 Å². The van der Waals surface area contributed by atoms with Crippen LogP contribution in [-0.4, -0.2) is 47.8 Å². The fourth-order valence-corrected chi connectivity index (χ4v) is 9.17. The Morgan fingerprint density at radius 2 is 1.25 bits per heavy atom. The summed E-state index contributed by atoms with van der Waals surface area (Å²) >= 11 is 0. The molecule has 3 atom stereocenters. The van der Waals surface area contributed by atoms with Gasteiger partial charge in [-0.05, 0) is 120 Å². The van der Waals surface area contributed by atoms with E-state index in [1.807, 2.05) is 0 Å². The van der Waals surface area contributed by atoms with Crippen molar-refractivity contribution < 1.29 is 63.7 Å². The second kappa shape index (κ2) is 13.4. The molecule has 51 heavy (non-hydrogen) atoms. The Hall–Kier alpha value is -2.51. The van der Waals surface area contributed by atoms with Crippen molar-refractivity contribution in [3.05, 3.63) is 35.4 Å². The quantitative estimate of drug-likeness (QED) is 0.180. The standard InChI is InChI=1S/C37H49F9O5/c1-8-23(24-9-11-25(12-10-24)33(7,35(38,39)40)51-28(47)30(2,3)4)18-31(5,20-50-29(48)34(49,36(41,42)43)37(44,45)46)19-32(6)26-14-21-13-22(16-26)17-27(32)15-21/h9-12,21-23,26-27,49H,8,13-20H2,1-7H3. The summed E-state index contributed by atoms with van der Waals surface area (Å²) in [5.74, 6) is -2.75. The van der Waals surface area contributed by atoms with Gasteiger partial charge in [-0.3, -0.25) is 4.79 Å². The number of carbonyl (C=O) groups excluding carboxylic acids is 2. The van der Waals surface area contributed by atoms with Crippen molar-refractivity contribution in [1.82, 2.24) is 0 Å². The molecular formula is C37H49F9O5. The summed E-state index contributed by atoms with van der Waals surface area (Å²) in [6, 6.07) is 5.23. The van der Waals surface area contributed by atoms with Crippen LogP contribution in [0.3, 0.4) is 0 Å². The minimum Gasteiger partial charge on any atom is -0.462 e. The molecule has 0 spiro atoms. The summed E-state index contributed by atoms with van der Waals surface area (Å²) in [7, 11) is 0. The number of rotatable bonds is 11. The van der Waals surface area contributed by atoms with E-state index < -0.39 is 65.0 Å². The first-order chi connectivity index (χ1) is 23.0. The molecule has 290 valence electrons. The van der Waals surface area contributed by atoms with E-state index in [1.165, 1.54) is 45.0 Å². The number of hydrogen-bond donors (Lipinski definition) is 1. The van der Waals surface area contributed by atoms with Crippen LogP contribution in [0.25, 0.3) is 0 Å². The van der Waals surface area contributed by atoms with Crippen molar-refractivity contribution in [2.75, 3.05) is 6.61 Å². The largest absolute Gasteiger partial charge is 0.462 e. The number of ether oxygens (including phenoxy) is 2. The van der Waals surface area contributed by atoms with Gasteiger partial charge in [0.15, 0.2) is 0 Å². The zero-order valence-electron chi connectivity index (χ0n) is 30.0. The topological polar surface area (TPSA) is 72.8 Å². The number of hydrogen-bond acceptors (Lipinski definition) is 5. The van der Waals surface area contributed by atoms with E-state index in [1.54, 1.807) is 13.8 Å². The number of carbonyl (C=O) groups is 2. The zero-order chi connectivity index (χ0) is 38.8. The summed E-state index contributed by atoms with van der Waals surface area (Å²) in [6.07, 6.45) is -12.0. The first-order valence-corrected chi connectivity index (χ1v) is 17.4. The van der Waals surface area contributed by atoms with E-state index in [0.29, 0.717) is 30.2 Å². The molecule has 0 radical (unpaired) electrons. The molecule has 0 aliphatic heterocycles. The van der Waals surface area contributed by atoms with E-state index >= 15 is 0 Å². The molecule has 4 aliphatic carbocycles. The summed E-state index contributed by atoms with van der Waals surface area (Å²) < 4.78 is 134. The predicted octanol–water partition coefficient (Wildman–Crippen LogP) is 10.2. The molecular weight excluding hydrogens is 695 g/mol. The average Bonchev–Trinajstić information content (AvgIpc) is 2.98. The number of aliphatic hydroxyl groups is 1. The second-order valence-electron chi connectivity index (χ2n) is 17.2. The Morgan fingerprint density at radius 3 is 1.65 bits per heavy atom. The van der Waals surface area contributed by atoms with E-state index in [0.717, 1.165) is 39.0 Å². The van der Waals surface area contributed by atoms with Crippen LogP contribution in [0.4, 0.5) is 39.5 Å². The van der Waals surface area contributed by atoms with E-state index in [9.17, 15) is 54.2 Å². The maximum Gasteiger partial charge on any atom is 0.437 e. The summed E-state index contributed by atoms with van der Waals surface area (Å²) in [6.45, 7) is 9.68. The van der Waals surface area contributed by atoms with E-state index in [-0.39, 0.29) is 29.2 Å². The maximum absolute atomic E-state index is 14.4. The molecule has 4 saturated carbocycles. The lowest BCUT2D eigenvalue weighted by molar-refractivity contribution is -0.357. The highest BCUT2D eigenvalue weighted by molar-refractivity contribution is 5.81. The number of esters is 2. The van der Waals surface area contributed by atoms with Crippen molar-refractivity contribution >= 4 is 11.9 Å². The summed E-state index contributed by atoms with van der Waals surface area (Å²) in [4.78, 5) is 25.1. The Labute approximate surface area is 293 Å². The van der Waals surface area contributed by atoms with Gasteiger partial charge in [0, 0.05) is 11.0 Å². The van der Waals surface area contributed by atoms with Gasteiger partial charge in [-0.25, -0.2) is 4.79 Å². The Bertz CT molecular complexity index is 1380. The molecule has 0 saturated heterocycles. The first kappa shape index (κ1) is 41.2. The lowest BCUT2D eigenvalue weighted by Crippen LogP contribution is -2.63. The van der Waals surface area contributed by atoms with Crippen LogP contribution < -0.4 is 0 Å². The molecule has 0 amide bonds. The lowest BCUT2D eigenvalue weighted by Gasteiger charge is -2.62. The van der Waals surface area contributed by atoms with Gasteiger partial charge in [0.2, 0.25) is 5.60 Å². The predicted molar refractivity (Wildman–Crippen MR) is 169 cm³/mol. The van der Waals surface area contributed by atoms with Gasteiger partial charge in [0.1, 0.15) is 0 Å². The molecule has 1 aromatic rings. The third kappa shape index (κ3) is 7.77. The van der Waals surface area contributed by atoms with Crippen molar-refractivity contribution in [3.63, 3.8) is 0 Å². The van der Waals surface area contributed by atoms with Crippen LogP contribution in [0.15, 0.2) is 24.3 Å². The van der Waals surface area contributed by atoms with E-state index in [2.05, 4.69) is 6.92 Å². The van der Waals surface area contributed by atoms with Gasteiger partial charge >= 0.3 is 36.1 Å². The molecule has 0 aromatic heterocycles. The Kier molecular flexibility index (Phi) is 10.8. The fraction of sp³-hybridized carbons (Fsp3) is 0.784. The zero-order valence-corrected chi connectivity index (χ0v) is 30.0. The van der Waals surface area contributed by atoms with Crippen LogP contribution in [0.1, 0.15) is 117 Å². The lowest BCUT2D eigenvalue weighted by atomic mass is 9.43. The van der Waals surface area contributed by atoms with Gasteiger partial charge in [0.25, 0.3) is 0 Å². The van der Waals surface area contributed by atoms with Crippen molar-refractivity contribution in [2.24, 2.45) is 39.9 Å². The molecule has 14 heteroatoms. The molecule has 5 rings (SSSR count). The van der Waals surface area contributed by atoms with Crippen molar-refractivity contribution in [2.45, 2.75) is 135 Å². The third-order valence-electron chi connectivity index (χ3n) is 12.1.